The van der Waals surface area contributed by atoms with Crippen LogP contribution in [0.4, 0.5) is 5.13 Å². The monoisotopic (exact) mass is 387 g/mol. The molecule has 1 N–H and O–H groups in total. The van der Waals surface area contributed by atoms with Crippen molar-refractivity contribution < 1.29 is 4.79 Å². The van der Waals surface area contributed by atoms with Crippen molar-refractivity contribution in [2.75, 3.05) is 5.32 Å². The number of anilines is 1. The highest BCUT2D eigenvalue weighted by atomic mass is 35.5. The van der Waals surface area contributed by atoms with Crippen LogP contribution in [0.15, 0.2) is 41.2 Å². The molecule has 0 bridgehead atoms. The molecular formula is C17H14ClN5O2S. The molecule has 0 saturated heterocycles. The highest BCUT2D eigenvalue weighted by Crippen LogP contribution is 2.42. The second-order valence-corrected chi connectivity index (χ2v) is 7.38. The summed E-state index contributed by atoms with van der Waals surface area (Å²) in [5.41, 5.74) is 0.850. The molecule has 0 atom stereocenters. The summed E-state index contributed by atoms with van der Waals surface area (Å²) in [6.45, 7) is -0.213. The van der Waals surface area contributed by atoms with Crippen LogP contribution in [0.25, 0.3) is 11.3 Å². The van der Waals surface area contributed by atoms with Crippen molar-refractivity contribution in [3.63, 3.8) is 0 Å². The van der Waals surface area contributed by atoms with E-state index in [1.165, 1.54) is 17.4 Å². The zero-order chi connectivity index (χ0) is 18.1. The predicted octanol–water partition coefficient (Wildman–Crippen LogP) is 2.93. The number of rotatable bonds is 5. The van der Waals surface area contributed by atoms with Gasteiger partial charge in [-0.1, -0.05) is 41.1 Å². The van der Waals surface area contributed by atoms with Crippen molar-refractivity contribution >= 4 is 34.0 Å². The Kier molecular flexibility index (Phi) is 4.52. The number of hydrogen-bond donors (Lipinski definition) is 1. The van der Waals surface area contributed by atoms with Gasteiger partial charge in [0.25, 0.3) is 5.56 Å². The first kappa shape index (κ1) is 16.9. The Morgan fingerprint density at radius 1 is 1.23 bits per heavy atom. The van der Waals surface area contributed by atoms with E-state index in [1.54, 1.807) is 18.2 Å². The Morgan fingerprint density at radius 2 is 2.04 bits per heavy atom. The number of amides is 1. The van der Waals surface area contributed by atoms with E-state index >= 15 is 0 Å². The molecule has 0 spiro atoms. The van der Waals surface area contributed by atoms with Gasteiger partial charge in [0, 0.05) is 17.5 Å². The number of hydrogen-bond acceptors (Lipinski definition) is 6. The number of nitrogens with one attached hydrogen (secondary N) is 1. The van der Waals surface area contributed by atoms with E-state index in [2.05, 4.69) is 20.6 Å². The second kappa shape index (κ2) is 6.97. The van der Waals surface area contributed by atoms with Crippen molar-refractivity contribution in [1.29, 1.82) is 0 Å². The molecule has 1 amide bonds. The van der Waals surface area contributed by atoms with Crippen molar-refractivity contribution in [2.45, 2.75) is 25.3 Å². The van der Waals surface area contributed by atoms with Crippen LogP contribution in [0, 0.1) is 0 Å². The lowest BCUT2D eigenvalue weighted by Gasteiger charge is -2.08. The van der Waals surface area contributed by atoms with Crippen LogP contribution in [0.3, 0.4) is 0 Å². The molecule has 2 heterocycles. The SMILES string of the molecule is O=C(Cn1nc(-c2ccccc2Cl)ccc1=O)Nc1nnc(C2CC2)s1. The fourth-order valence-electron chi connectivity index (χ4n) is 2.45. The molecule has 1 fully saturated rings. The standard InChI is InChI=1S/C17H14ClN5O2S/c18-12-4-2-1-3-11(12)13-7-8-15(25)23(22-13)9-14(24)19-17-21-20-16(26-17)10-5-6-10/h1-4,7-8,10H,5-6,9H2,(H,19,21,24). The van der Waals surface area contributed by atoms with Gasteiger partial charge in [-0.05, 0) is 25.0 Å². The molecule has 1 aromatic carbocycles. The fourth-order valence-corrected chi connectivity index (χ4v) is 3.61. The highest BCUT2D eigenvalue weighted by molar-refractivity contribution is 7.15. The van der Waals surface area contributed by atoms with E-state index in [9.17, 15) is 9.59 Å². The van der Waals surface area contributed by atoms with Gasteiger partial charge in [0.15, 0.2) is 0 Å². The van der Waals surface area contributed by atoms with Crippen LogP contribution >= 0.6 is 22.9 Å². The van der Waals surface area contributed by atoms with Crippen molar-refractivity contribution in [3.05, 3.63) is 56.8 Å². The Bertz CT molecular complexity index is 1030. The maximum absolute atomic E-state index is 12.2. The van der Waals surface area contributed by atoms with Crippen LogP contribution in [-0.2, 0) is 11.3 Å². The maximum Gasteiger partial charge on any atom is 0.267 e. The van der Waals surface area contributed by atoms with Gasteiger partial charge in [-0.15, -0.1) is 10.2 Å². The summed E-state index contributed by atoms with van der Waals surface area (Å²) >= 11 is 7.55. The van der Waals surface area contributed by atoms with Crippen LogP contribution in [-0.4, -0.2) is 25.9 Å². The third-order valence-electron chi connectivity index (χ3n) is 3.92. The first-order chi connectivity index (χ1) is 12.6. The van der Waals surface area contributed by atoms with Crippen molar-refractivity contribution in [1.82, 2.24) is 20.0 Å². The lowest BCUT2D eigenvalue weighted by atomic mass is 10.1. The maximum atomic E-state index is 12.2. The summed E-state index contributed by atoms with van der Waals surface area (Å²) in [6.07, 6.45) is 2.24. The molecule has 0 aliphatic heterocycles. The van der Waals surface area contributed by atoms with Gasteiger partial charge in [-0.25, -0.2) is 4.68 Å². The van der Waals surface area contributed by atoms with E-state index in [4.69, 9.17) is 11.6 Å². The molecular weight excluding hydrogens is 374 g/mol. The van der Waals surface area contributed by atoms with Gasteiger partial charge in [0.05, 0.1) is 10.7 Å². The number of carbonyl (C=O) groups excluding carboxylic acids is 1. The minimum absolute atomic E-state index is 0.213. The van der Waals surface area contributed by atoms with Crippen LogP contribution in [0.5, 0.6) is 0 Å². The van der Waals surface area contributed by atoms with Gasteiger partial charge >= 0.3 is 0 Å². The van der Waals surface area contributed by atoms with E-state index in [-0.39, 0.29) is 18.0 Å². The summed E-state index contributed by atoms with van der Waals surface area (Å²) in [4.78, 5) is 24.3. The van der Waals surface area contributed by atoms with E-state index in [0.717, 1.165) is 22.5 Å². The smallest absolute Gasteiger partial charge is 0.267 e. The van der Waals surface area contributed by atoms with Gasteiger partial charge in [-0.3, -0.25) is 14.9 Å². The van der Waals surface area contributed by atoms with Gasteiger partial charge < -0.3 is 0 Å². The van der Waals surface area contributed by atoms with Crippen molar-refractivity contribution in [2.24, 2.45) is 0 Å². The second-order valence-electron chi connectivity index (χ2n) is 5.96. The molecule has 1 aliphatic rings. The predicted molar refractivity (Wildman–Crippen MR) is 99.5 cm³/mol. The third kappa shape index (κ3) is 3.66. The molecule has 26 heavy (non-hydrogen) atoms. The zero-order valence-electron chi connectivity index (χ0n) is 13.6. The summed E-state index contributed by atoms with van der Waals surface area (Å²) in [5.74, 6) is 0.101. The highest BCUT2D eigenvalue weighted by Gasteiger charge is 2.27. The number of aromatic nitrogens is 4. The Morgan fingerprint density at radius 3 is 2.81 bits per heavy atom. The van der Waals surface area contributed by atoms with E-state index in [0.29, 0.717) is 27.3 Å². The number of nitrogens with zero attached hydrogens (tertiary/aromatic N) is 4. The Labute approximate surface area is 157 Å². The third-order valence-corrected chi connectivity index (χ3v) is 5.25. The minimum Gasteiger partial charge on any atom is -0.299 e. The number of carbonyl (C=O) groups is 1. The van der Waals surface area contributed by atoms with Crippen LogP contribution < -0.4 is 10.9 Å². The minimum atomic E-state index is -0.380. The molecule has 2 aromatic heterocycles. The molecule has 9 heteroatoms. The molecule has 0 unspecified atom stereocenters. The van der Waals surface area contributed by atoms with Gasteiger partial charge in [-0.2, -0.15) is 5.10 Å². The van der Waals surface area contributed by atoms with Crippen LogP contribution in [0.1, 0.15) is 23.8 Å². The summed E-state index contributed by atoms with van der Waals surface area (Å²) in [6, 6.07) is 10.2. The summed E-state index contributed by atoms with van der Waals surface area (Å²) in [7, 11) is 0. The summed E-state index contributed by atoms with van der Waals surface area (Å²) < 4.78 is 1.11. The Balaban J connectivity index is 1.51. The molecule has 132 valence electrons. The van der Waals surface area contributed by atoms with E-state index in [1.807, 2.05) is 12.1 Å². The summed E-state index contributed by atoms with van der Waals surface area (Å²) in [5, 5.41) is 16.9. The van der Waals surface area contributed by atoms with Gasteiger partial charge in [0.1, 0.15) is 11.6 Å². The number of halogens is 1. The zero-order valence-corrected chi connectivity index (χ0v) is 15.1. The lowest BCUT2D eigenvalue weighted by molar-refractivity contribution is -0.117. The first-order valence-corrected chi connectivity index (χ1v) is 9.26. The molecule has 3 aromatic rings. The topological polar surface area (TPSA) is 89.8 Å². The van der Waals surface area contributed by atoms with Gasteiger partial charge in [0.2, 0.25) is 11.0 Å². The molecule has 1 aliphatic carbocycles. The van der Waals surface area contributed by atoms with Crippen molar-refractivity contribution in [3.8, 4) is 11.3 Å². The Hall–Kier alpha value is -2.58. The van der Waals surface area contributed by atoms with E-state index < -0.39 is 0 Å². The lowest BCUT2D eigenvalue weighted by Crippen LogP contribution is -2.29. The molecule has 1 saturated carbocycles. The molecule has 0 radical (unpaired) electrons. The largest absolute Gasteiger partial charge is 0.299 e. The number of benzene rings is 1. The fraction of sp³-hybridized carbons (Fsp3) is 0.235. The average molecular weight is 388 g/mol. The average Bonchev–Trinajstić information content (AvgIpc) is 3.37. The van der Waals surface area contributed by atoms with Crippen LogP contribution in [0.2, 0.25) is 5.02 Å². The normalized spacial score (nSPS) is 13.6. The first-order valence-electron chi connectivity index (χ1n) is 8.06. The molecule has 4 rings (SSSR count). The molecule has 7 nitrogen and oxygen atoms in total. The quantitative estimate of drug-likeness (QED) is 0.727.